The number of nitrogen functional groups attached to an aromatic ring is 1. The van der Waals surface area contributed by atoms with E-state index >= 15 is 0 Å². The van der Waals surface area contributed by atoms with Gasteiger partial charge in [0.25, 0.3) is 0 Å². The van der Waals surface area contributed by atoms with Gasteiger partial charge in [0.15, 0.2) is 6.29 Å². The number of benzene rings is 4. The van der Waals surface area contributed by atoms with Gasteiger partial charge in [0.2, 0.25) is 11.8 Å². The first-order chi connectivity index (χ1) is 24.2. The highest BCUT2D eigenvalue weighted by Gasteiger charge is 2.34. The van der Waals surface area contributed by atoms with E-state index in [1.165, 1.54) is 0 Å². The number of aliphatic hydroxyl groups excluding tert-OH is 2. The Morgan fingerprint density at radius 2 is 1.50 bits per heavy atom. The molecule has 0 aliphatic carbocycles. The van der Waals surface area contributed by atoms with Crippen molar-refractivity contribution in [2.24, 2.45) is 0 Å². The van der Waals surface area contributed by atoms with Gasteiger partial charge >= 0.3 is 0 Å². The number of likely N-dealkylation sites (N-methyl/N-ethyl adjacent to an activating group) is 1. The molecule has 1 heterocycles. The van der Waals surface area contributed by atoms with Crippen molar-refractivity contribution in [2.45, 2.75) is 76.4 Å². The topological polar surface area (TPSA) is 146 Å². The molecule has 1 saturated heterocycles. The Hall–Kier alpha value is -4.58. The molecule has 1 aliphatic rings. The molecule has 1 aliphatic heterocycles. The molecule has 0 aromatic heterocycles. The van der Waals surface area contributed by atoms with Gasteiger partial charge in [-0.1, -0.05) is 91.0 Å². The maximum absolute atomic E-state index is 12.5. The first-order valence-corrected chi connectivity index (χ1v) is 17.1. The van der Waals surface area contributed by atoms with Gasteiger partial charge in [0, 0.05) is 44.0 Å². The third kappa shape index (κ3) is 10.2. The second-order valence-electron chi connectivity index (χ2n) is 12.9. The molecule has 0 bridgehead atoms. The molecule has 264 valence electrons. The maximum Gasteiger partial charge on any atom is 0.224 e. The normalized spacial score (nSPS) is 18.7. The lowest BCUT2D eigenvalue weighted by Crippen LogP contribution is -2.43. The molecule has 10 heteroatoms. The van der Waals surface area contributed by atoms with Gasteiger partial charge in [-0.15, -0.1) is 0 Å². The molecule has 4 aromatic rings. The van der Waals surface area contributed by atoms with Crippen molar-refractivity contribution in [3.05, 3.63) is 131 Å². The van der Waals surface area contributed by atoms with Gasteiger partial charge in [0.05, 0.1) is 36.3 Å². The van der Waals surface area contributed by atoms with Crippen molar-refractivity contribution in [3.63, 3.8) is 0 Å². The Balaban J connectivity index is 1.16. The lowest BCUT2D eigenvalue weighted by molar-refractivity contribution is -0.253. The maximum atomic E-state index is 12.5. The second kappa shape index (κ2) is 17.9. The first kappa shape index (κ1) is 36.7. The van der Waals surface area contributed by atoms with Crippen LogP contribution in [-0.2, 0) is 32.2 Å². The molecule has 0 unspecified atom stereocenters. The van der Waals surface area contributed by atoms with Gasteiger partial charge in [-0.2, -0.15) is 0 Å². The van der Waals surface area contributed by atoms with Crippen molar-refractivity contribution >= 4 is 23.2 Å². The van der Waals surface area contributed by atoms with Gasteiger partial charge in [-0.3, -0.25) is 14.5 Å². The summed E-state index contributed by atoms with van der Waals surface area (Å²) in [5, 5.41) is 26.3. The summed E-state index contributed by atoms with van der Waals surface area (Å²) in [5.41, 5.74) is 11.4. The summed E-state index contributed by atoms with van der Waals surface area (Å²) < 4.78 is 13.0. The highest BCUT2D eigenvalue weighted by molar-refractivity contribution is 5.93. The van der Waals surface area contributed by atoms with E-state index in [0.717, 1.165) is 27.8 Å². The predicted octanol–water partition coefficient (Wildman–Crippen LogP) is 5.79. The zero-order valence-electron chi connectivity index (χ0n) is 28.7. The lowest BCUT2D eigenvalue weighted by atomic mass is 9.98. The number of amides is 2. The monoisotopic (exact) mass is 680 g/mol. The Kier molecular flexibility index (Phi) is 13.1. The van der Waals surface area contributed by atoms with E-state index < -0.39 is 12.4 Å². The Labute approximate surface area is 294 Å². The van der Waals surface area contributed by atoms with Crippen LogP contribution in [0.25, 0.3) is 0 Å². The third-order valence-corrected chi connectivity index (χ3v) is 9.18. The van der Waals surface area contributed by atoms with Crippen molar-refractivity contribution in [2.75, 3.05) is 24.6 Å². The van der Waals surface area contributed by atoms with Gasteiger partial charge in [0.1, 0.15) is 0 Å². The van der Waals surface area contributed by atoms with E-state index in [0.29, 0.717) is 37.3 Å². The minimum Gasteiger partial charge on any atom is -0.397 e. The molecule has 0 saturated carbocycles. The summed E-state index contributed by atoms with van der Waals surface area (Å²) in [6, 6.07) is 32.1. The fraction of sp³-hybridized carbons (Fsp3) is 0.350. The number of nitrogens with two attached hydrogens (primary N) is 1. The number of hydrogen-bond donors (Lipinski definition) is 5. The highest BCUT2D eigenvalue weighted by atomic mass is 16.7. The van der Waals surface area contributed by atoms with Crippen molar-refractivity contribution in [1.82, 2.24) is 10.2 Å². The Morgan fingerprint density at radius 3 is 2.20 bits per heavy atom. The molecule has 50 heavy (non-hydrogen) atoms. The minimum atomic E-state index is -0.647. The number of ether oxygens (including phenoxy) is 2. The summed E-state index contributed by atoms with van der Waals surface area (Å²) in [4.78, 5) is 26.9. The number of para-hydroxylation sites is 2. The van der Waals surface area contributed by atoms with E-state index in [-0.39, 0.29) is 49.5 Å². The first-order valence-electron chi connectivity index (χ1n) is 17.1. The quantitative estimate of drug-likeness (QED) is 0.0993. The van der Waals surface area contributed by atoms with Crippen molar-refractivity contribution < 1.29 is 29.3 Å². The fourth-order valence-corrected chi connectivity index (χ4v) is 6.00. The van der Waals surface area contributed by atoms with Crippen LogP contribution in [0, 0.1) is 0 Å². The van der Waals surface area contributed by atoms with Crippen molar-refractivity contribution in [3.8, 4) is 0 Å². The number of aliphatic hydroxyl groups is 2. The van der Waals surface area contributed by atoms with Gasteiger partial charge in [-0.05, 0) is 54.8 Å². The van der Waals surface area contributed by atoms with Crippen LogP contribution in [0.5, 0.6) is 0 Å². The SMILES string of the molecule is C[C@H]([C@@H](O)c1ccccc1)N(C)C[C@@H]1C[C@H](c2ccc(CO)cc2)O[C@H](c2ccc(CNC(=O)CCCC(=O)Nc3ccccc3N)cc2)O1. The highest BCUT2D eigenvalue weighted by Crippen LogP contribution is 2.38. The average molecular weight is 681 g/mol. The van der Waals surface area contributed by atoms with E-state index in [9.17, 15) is 19.8 Å². The molecular formula is C40H48N4O6. The number of nitrogens with one attached hydrogen (secondary N) is 2. The van der Waals surface area contributed by atoms with Crippen LogP contribution in [-0.4, -0.2) is 52.7 Å². The standard InChI is InChI=1S/C40H48N4O6/c1-27(39(48)31-9-4-3-5-10-31)44(2)25-33-23-36(30-19-17-29(26-45)18-20-30)50-40(49-33)32-21-15-28(16-22-32)24-42-37(46)13-8-14-38(47)43-35-12-7-6-11-34(35)41/h3-7,9-12,15-22,27,33,36,39-40,45,48H,8,13-14,23-26,41H2,1-2H3,(H,42,46)(H,43,47)/t27-,33+,36-,39-,40-/m1/s1. The number of carbonyl (C=O) groups is 2. The molecule has 5 atom stereocenters. The predicted molar refractivity (Wildman–Crippen MR) is 194 cm³/mol. The lowest BCUT2D eigenvalue weighted by Gasteiger charge is -2.39. The zero-order valence-corrected chi connectivity index (χ0v) is 28.7. The molecule has 10 nitrogen and oxygen atoms in total. The average Bonchev–Trinajstić information content (AvgIpc) is 3.14. The van der Waals surface area contributed by atoms with E-state index in [2.05, 4.69) is 15.5 Å². The van der Waals surface area contributed by atoms with Crippen LogP contribution in [0.1, 0.15) is 78.9 Å². The summed E-state index contributed by atoms with van der Waals surface area (Å²) in [7, 11) is 1.99. The Bertz CT molecular complexity index is 1670. The van der Waals surface area contributed by atoms with Crippen LogP contribution >= 0.6 is 0 Å². The number of hydrogen-bond acceptors (Lipinski definition) is 8. The fourth-order valence-electron chi connectivity index (χ4n) is 6.00. The van der Waals surface area contributed by atoms with Gasteiger partial charge < -0.3 is 36.1 Å². The van der Waals surface area contributed by atoms with Crippen LogP contribution in [0.15, 0.2) is 103 Å². The molecule has 1 fully saturated rings. The van der Waals surface area contributed by atoms with Gasteiger partial charge in [-0.25, -0.2) is 0 Å². The smallest absolute Gasteiger partial charge is 0.224 e. The molecule has 0 spiro atoms. The van der Waals surface area contributed by atoms with Crippen LogP contribution in [0.4, 0.5) is 11.4 Å². The molecule has 0 radical (unpaired) electrons. The number of rotatable bonds is 15. The number of nitrogens with zero attached hydrogens (tertiary/aromatic N) is 1. The molecule has 6 N–H and O–H groups in total. The number of anilines is 2. The zero-order chi connectivity index (χ0) is 35.5. The summed E-state index contributed by atoms with van der Waals surface area (Å²) in [6.45, 7) is 2.92. The molecule has 2 amide bonds. The van der Waals surface area contributed by atoms with E-state index in [4.69, 9.17) is 15.2 Å². The van der Waals surface area contributed by atoms with E-state index in [1.54, 1.807) is 24.3 Å². The Morgan fingerprint density at radius 1 is 0.860 bits per heavy atom. The minimum absolute atomic E-state index is 0.0266. The van der Waals surface area contributed by atoms with Crippen LogP contribution in [0.2, 0.25) is 0 Å². The van der Waals surface area contributed by atoms with Crippen LogP contribution in [0.3, 0.4) is 0 Å². The third-order valence-electron chi connectivity index (χ3n) is 9.18. The number of carbonyl (C=O) groups excluding carboxylic acids is 2. The largest absolute Gasteiger partial charge is 0.397 e. The summed E-state index contributed by atoms with van der Waals surface area (Å²) >= 11 is 0. The molecular weight excluding hydrogens is 632 g/mol. The summed E-state index contributed by atoms with van der Waals surface area (Å²) in [6.07, 6.45) is -0.197. The van der Waals surface area contributed by atoms with E-state index in [1.807, 2.05) is 92.8 Å². The molecule has 5 rings (SSSR count). The summed E-state index contributed by atoms with van der Waals surface area (Å²) in [5.74, 6) is -0.315. The van der Waals surface area contributed by atoms with Crippen LogP contribution < -0.4 is 16.4 Å². The second-order valence-corrected chi connectivity index (χ2v) is 12.9. The molecule has 4 aromatic carbocycles. The van der Waals surface area contributed by atoms with Crippen molar-refractivity contribution in [1.29, 1.82) is 0 Å².